The van der Waals surface area contributed by atoms with Gasteiger partial charge in [-0.3, -0.25) is 4.79 Å². The lowest BCUT2D eigenvalue weighted by atomic mass is 9.95. The predicted molar refractivity (Wildman–Crippen MR) is 106 cm³/mol. The van der Waals surface area contributed by atoms with E-state index in [1.807, 2.05) is 0 Å². The van der Waals surface area contributed by atoms with E-state index in [0.717, 1.165) is 6.07 Å². The highest BCUT2D eigenvalue weighted by Crippen LogP contribution is 2.35. The van der Waals surface area contributed by atoms with Gasteiger partial charge in [0.25, 0.3) is 0 Å². The number of alkyl halides is 6. The Bertz CT molecular complexity index is 959. The summed E-state index contributed by atoms with van der Waals surface area (Å²) in [6.45, 7) is -0.737. The zero-order valence-corrected chi connectivity index (χ0v) is 17.2. The highest BCUT2D eigenvalue weighted by molar-refractivity contribution is 6.33. The van der Waals surface area contributed by atoms with E-state index in [2.05, 4.69) is 15.0 Å². The summed E-state index contributed by atoms with van der Waals surface area (Å²) >= 11 is 5.98. The molecule has 0 aliphatic carbocycles. The number of pyridine rings is 1. The number of ether oxygens (including phenoxy) is 1. The molecule has 1 aromatic carbocycles. The van der Waals surface area contributed by atoms with Crippen LogP contribution in [-0.4, -0.2) is 36.8 Å². The minimum atomic E-state index is -4.55. The summed E-state index contributed by atoms with van der Waals surface area (Å²) in [7, 11) is 0. The van der Waals surface area contributed by atoms with Crippen molar-refractivity contribution in [2.24, 2.45) is 5.92 Å². The lowest BCUT2D eigenvalue weighted by Crippen LogP contribution is -2.38. The zero-order valence-electron chi connectivity index (χ0n) is 16.4. The second kappa shape index (κ2) is 9.43. The lowest BCUT2D eigenvalue weighted by molar-refractivity contribution is -0.153. The van der Waals surface area contributed by atoms with Crippen LogP contribution in [0.2, 0.25) is 5.02 Å². The van der Waals surface area contributed by atoms with Crippen molar-refractivity contribution in [3.8, 4) is 5.75 Å². The minimum absolute atomic E-state index is 0.0297. The highest BCUT2D eigenvalue weighted by atomic mass is 35.5. The molecule has 1 N–H and O–H groups in total. The molecule has 2 aromatic rings. The quantitative estimate of drug-likeness (QED) is 0.569. The number of rotatable bonds is 5. The van der Waals surface area contributed by atoms with Gasteiger partial charge in [-0.15, -0.1) is 0 Å². The summed E-state index contributed by atoms with van der Waals surface area (Å²) in [5.41, 5.74) is -0.647. The number of anilines is 2. The van der Waals surface area contributed by atoms with Crippen LogP contribution in [0, 0.1) is 5.92 Å². The maximum absolute atomic E-state index is 12.8. The third-order valence-electron chi connectivity index (χ3n) is 4.82. The molecule has 1 aromatic heterocycles. The fraction of sp³-hybridized carbons (Fsp3) is 0.400. The molecule has 0 bridgehead atoms. The summed E-state index contributed by atoms with van der Waals surface area (Å²) < 4.78 is 79.8. The molecule has 5 nitrogen and oxygen atoms in total. The van der Waals surface area contributed by atoms with Crippen molar-refractivity contribution in [2.45, 2.75) is 25.2 Å². The zero-order chi connectivity index (χ0) is 23.5. The topological polar surface area (TPSA) is 54.5 Å². The van der Waals surface area contributed by atoms with E-state index < -0.39 is 24.5 Å². The average molecular weight is 482 g/mol. The van der Waals surface area contributed by atoms with Crippen LogP contribution < -0.4 is 15.0 Å². The van der Waals surface area contributed by atoms with E-state index in [1.165, 1.54) is 24.3 Å². The second-order valence-corrected chi connectivity index (χ2v) is 7.62. The molecule has 0 spiro atoms. The van der Waals surface area contributed by atoms with E-state index in [9.17, 15) is 31.1 Å². The molecule has 0 saturated carbocycles. The standard InChI is InChI=1S/C20H18ClF6N3O2/c21-16-8-13(20(25,26)27)10-28-17(16)30-6-4-12(5-7-30)18(31)29-14-2-1-3-15(9-14)32-11-19(22,23)24/h1-3,8-10,12H,4-7,11H2,(H,29,31). The van der Waals surface area contributed by atoms with Crippen molar-refractivity contribution in [1.82, 2.24) is 4.98 Å². The molecule has 32 heavy (non-hydrogen) atoms. The van der Waals surface area contributed by atoms with Crippen LogP contribution in [0.15, 0.2) is 36.5 Å². The number of piperidine rings is 1. The Morgan fingerprint density at radius 1 is 1.16 bits per heavy atom. The van der Waals surface area contributed by atoms with Crippen molar-refractivity contribution in [3.05, 3.63) is 47.1 Å². The van der Waals surface area contributed by atoms with E-state index >= 15 is 0 Å². The van der Waals surface area contributed by atoms with Gasteiger partial charge in [-0.25, -0.2) is 4.98 Å². The van der Waals surface area contributed by atoms with Gasteiger partial charge in [0.1, 0.15) is 11.6 Å². The van der Waals surface area contributed by atoms with E-state index in [0.29, 0.717) is 37.8 Å². The first-order valence-electron chi connectivity index (χ1n) is 9.50. The number of nitrogens with one attached hydrogen (secondary N) is 1. The van der Waals surface area contributed by atoms with Crippen LogP contribution in [0.4, 0.5) is 37.8 Å². The van der Waals surface area contributed by atoms with Crippen molar-refractivity contribution >= 4 is 29.0 Å². The van der Waals surface area contributed by atoms with Crippen LogP contribution in [0.1, 0.15) is 18.4 Å². The van der Waals surface area contributed by atoms with Gasteiger partial charge >= 0.3 is 12.4 Å². The van der Waals surface area contributed by atoms with E-state index in [4.69, 9.17) is 11.6 Å². The Kier molecular flexibility index (Phi) is 7.06. The van der Waals surface area contributed by atoms with Crippen LogP contribution in [0.5, 0.6) is 5.75 Å². The third kappa shape index (κ3) is 6.41. The first-order chi connectivity index (χ1) is 14.9. The number of hydrogen-bond donors (Lipinski definition) is 1. The maximum atomic E-state index is 12.8. The predicted octanol–water partition coefficient (Wildman–Crippen LogP) is 5.55. The molecule has 1 fully saturated rings. The summed E-state index contributed by atoms with van der Waals surface area (Å²) in [4.78, 5) is 18.1. The third-order valence-corrected chi connectivity index (χ3v) is 5.10. The molecular weight excluding hydrogens is 464 g/mol. The van der Waals surface area contributed by atoms with Crippen LogP contribution in [0.3, 0.4) is 0 Å². The van der Waals surface area contributed by atoms with Crippen molar-refractivity contribution < 1.29 is 35.9 Å². The van der Waals surface area contributed by atoms with Crippen LogP contribution >= 0.6 is 11.6 Å². The second-order valence-electron chi connectivity index (χ2n) is 7.21. The van der Waals surface area contributed by atoms with Gasteiger partial charge in [0.15, 0.2) is 6.61 Å². The lowest BCUT2D eigenvalue weighted by Gasteiger charge is -2.32. The molecular formula is C20H18ClF6N3O2. The molecule has 3 rings (SSSR count). The number of aromatic nitrogens is 1. The number of carbonyl (C=O) groups excluding carboxylic acids is 1. The number of carbonyl (C=O) groups is 1. The fourth-order valence-electron chi connectivity index (χ4n) is 3.25. The average Bonchev–Trinajstić information content (AvgIpc) is 2.71. The highest BCUT2D eigenvalue weighted by Gasteiger charge is 2.33. The van der Waals surface area contributed by atoms with Crippen LogP contribution in [-0.2, 0) is 11.0 Å². The monoisotopic (exact) mass is 481 g/mol. The van der Waals surface area contributed by atoms with Gasteiger partial charge in [-0.2, -0.15) is 26.3 Å². The SMILES string of the molecule is O=C(Nc1cccc(OCC(F)(F)F)c1)C1CCN(c2ncc(C(F)(F)F)cc2Cl)CC1. The first kappa shape index (κ1) is 24.0. The van der Waals surface area contributed by atoms with Crippen molar-refractivity contribution in [1.29, 1.82) is 0 Å². The molecule has 0 radical (unpaired) electrons. The van der Waals surface area contributed by atoms with Crippen molar-refractivity contribution in [2.75, 3.05) is 29.9 Å². The smallest absolute Gasteiger partial charge is 0.422 e. The molecule has 174 valence electrons. The number of benzene rings is 1. The van der Waals surface area contributed by atoms with Gasteiger partial charge in [0.05, 0.1) is 10.6 Å². The summed E-state index contributed by atoms with van der Waals surface area (Å²) in [6.07, 6.45) is -7.51. The Balaban J connectivity index is 1.56. The Morgan fingerprint density at radius 3 is 2.44 bits per heavy atom. The van der Waals surface area contributed by atoms with E-state index in [1.54, 1.807) is 4.90 Å². The molecule has 1 aliphatic rings. The molecule has 1 amide bonds. The Hall–Kier alpha value is -2.69. The summed E-state index contributed by atoms with van der Waals surface area (Å²) in [5.74, 6) is -0.519. The number of amides is 1. The minimum Gasteiger partial charge on any atom is -0.484 e. The van der Waals surface area contributed by atoms with Gasteiger partial charge in [-0.1, -0.05) is 17.7 Å². The van der Waals surface area contributed by atoms with Crippen LogP contribution in [0.25, 0.3) is 0 Å². The van der Waals surface area contributed by atoms with Gasteiger partial charge in [0, 0.05) is 37.0 Å². The molecule has 12 heteroatoms. The molecule has 0 unspecified atom stereocenters. The largest absolute Gasteiger partial charge is 0.484 e. The Morgan fingerprint density at radius 2 is 1.84 bits per heavy atom. The number of nitrogens with zero attached hydrogens (tertiary/aromatic N) is 2. The van der Waals surface area contributed by atoms with Gasteiger partial charge in [-0.05, 0) is 31.0 Å². The molecule has 2 heterocycles. The maximum Gasteiger partial charge on any atom is 0.422 e. The van der Waals surface area contributed by atoms with E-state index in [-0.39, 0.29) is 28.4 Å². The summed E-state index contributed by atoms with van der Waals surface area (Å²) in [5, 5.41) is 2.53. The number of hydrogen-bond acceptors (Lipinski definition) is 4. The molecule has 0 atom stereocenters. The summed E-state index contributed by atoms with van der Waals surface area (Å²) in [6, 6.07) is 6.45. The normalized spacial score (nSPS) is 15.5. The fourth-order valence-corrected chi connectivity index (χ4v) is 3.53. The van der Waals surface area contributed by atoms with Gasteiger partial charge < -0.3 is 15.0 Å². The number of halogens is 7. The van der Waals surface area contributed by atoms with Gasteiger partial charge in [0.2, 0.25) is 5.91 Å². The first-order valence-corrected chi connectivity index (χ1v) is 9.88. The molecule has 1 saturated heterocycles. The van der Waals surface area contributed by atoms with Crippen molar-refractivity contribution in [3.63, 3.8) is 0 Å². The molecule has 1 aliphatic heterocycles. The Labute approximate surface area is 184 Å².